The van der Waals surface area contributed by atoms with Gasteiger partial charge in [0.15, 0.2) is 5.13 Å². The Kier molecular flexibility index (Phi) is 3.09. The maximum absolute atomic E-state index is 4.86. The van der Waals surface area contributed by atoms with Crippen molar-refractivity contribution in [3.8, 4) is 0 Å². The quantitative estimate of drug-likeness (QED) is 0.895. The number of aromatic nitrogens is 1. The van der Waals surface area contributed by atoms with Gasteiger partial charge in [0.1, 0.15) is 0 Å². The zero-order valence-corrected chi connectivity index (χ0v) is 11.5. The number of nitrogens with one attached hydrogen (secondary N) is 1. The lowest BCUT2D eigenvalue weighted by molar-refractivity contribution is 0.400. The molecule has 1 aromatic rings. The van der Waals surface area contributed by atoms with Gasteiger partial charge in [-0.25, -0.2) is 4.98 Å². The first-order valence-electron chi connectivity index (χ1n) is 6.69. The van der Waals surface area contributed by atoms with Gasteiger partial charge in [0, 0.05) is 24.0 Å². The smallest absolute Gasteiger partial charge is 0.185 e. The minimum atomic E-state index is 0.541. The Bertz CT molecular complexity index is 397. The molecule has 2 aliphatic rings. The lowest BCUT2D eigenvalue weighted by Gasteiger charge is -2.34. The summed E-state index contributed by atoms with van der Waals surface area (Å²) in [7, 11) is 4.28. The minimum absolute atomic E-state index is 0.541. The predicted octanol–water partition coefficient (Wildman–Crippen LogP) is 2.73. The number of aryl methyl sites for hydroxylation is 1. The van der Waals surface area contributed by atoms with E-state index >= 15 is 0 Å². The van der Waals surface area contributed by atoms with E-state index in [2.05, 4.69) is 24.3 Å². The largest absolute Gasteiger partial charge is 0.348 e. The second-order valence-corrected chi connectivity index (χ2v) is 6.25. The zero-order valence-electron chi connectivity index (χ0n) is 10.7. The zero-order chi connectivity index (χ0) is 11.8. The number of fused-ring (bicyclic) bond motifs is 1. The van der Waals surface area contributed by atoms with Crippen LogP contribution in [0, 0.1) is 0 Å². The molecular weight excluding hydrogens is 230 g/mol. The fourth-order valence-corrected chi connectivity index (χ4v) is 4.05. The van der Waals surface area contributed by atoms with Crippen LogP contribution in [-0.2, 0) is 6.42 Å². The van der Waals surface area contributed by atoms with Crippen molar-refractivity contribution in [1.82, 2.24) is 10.3 Å². The van der Waals surface area contributed by atoms with Crippen LogP contribution >= 0.6 is 11.3 Å². The first-order chi connectivity index (χ1) is 8.29. The van der Waals surface area contributed by atoms with Crippen molar-refractivity contribution < 1.29 is 0 Å². The molecule has 1 aromatic heterocycles. The van der Waals surface area contributed by atoms with Crippen LogP contribution in [0.4, 0.5) is 5.13 Å². The SMILES string of the molecule is CNC1CCCc2nc(N(C)C3CCC3)sc21. The highest BCUT2D eigenvalue weighted by Crippen LogP contribution is 2.39. The van der Waals surface area contributed by atoms with Crippen molar-refractivity contribution in [2.75, 3.05) is 19.0 Å². The van der Waals surface area contributed by atoms with E-state index < -0.39 is 0 Å². The molecule has 1 atom stereocenters. The fourth-order valence-electron chi connectivity index (χ4n) is 2.76. The third-order valence-electron chi connectivity index (χ3n) is 4.21. The van der Waals surface area contributed by atoms with Crippen LogP contribution in [0.3, 0.4) is 0 Å². The van der Waals surface area contributed by atoms with E-state index in [1.54, 1.807) is 0 Å². The molecule has 0 saturated heterocycles. The summed E-state index contributed by atoms with van der Waals surface area (Å²) in [6, 6.07) is 1.29. The van der Waals surface area contributed by atoms with Crippen LogP contribution in [0.25, 0.3) is 0 Å². The molecule has 0 bridgehead atoms. The van der Waals surface area contributed by atoms with Gasteiger partial charge in [-0.2, -0.15) is 0 Å². The highest BCUT2D eigenvalue weighted by Gasteiger charge is 2.28. The number of rotatable bonds is 3. The molecule has 17 heavy (non-hydrogen) atoms. The van der Waals surface area contributed by atoms with Crippen molar-refractivity contribution in [3.05, 3.63) is 10.6 Å². The van der Waals surface area contributed by atoms with E-state index in [4.69, 9.17) is 4.98 Å². The Hall–Kier alpha value is -0.610. The Labute approximate surface area is 107 Å². The van der Waals surface area contributed by atoms with Gasteiger partial charge in [-0.05, 0) is 45.6 Å². The Balaban J connectivity index is 1.84. The second kappa shape index (κ2) is 4.58. The number of anilines is 1. The molecule has 1 heterocycles. The van der Waals surface area contributed by atoms with Crippen LogP contribution < -0.4 is 10.2 Å². The fraction of sp³-hybridized carbons (Fsp3) is 0.769. The molecule has 0 spiro atoms. The van der Waals surface area contributed by atoms with Crippen molar-refractivity contribution in [2.45, 2.75) is 50.6 Å². The molecule has 1 N–H and O–H groups in total. The van der Waals surface area contributed by atoms with E-state index in [1.807, 2.05) is 11.3 Å². The molecule has 0 radical (unpaired) electrons. The van der Waals surface area contributed by atoms with Gasteiger partial charge in [0.25, 0.3) is 0 Å². The molecule has 0 aliphatic heterocycles. The third-order valence-corrected chi connectivity index (χ3v) is 5.51. The van der Waals surface area contributed by atoms with Gasteiger partial charge in [-0.3, -0.25) is 0 Å². The van der Waals surface area contributed by atoms with Gasteiger partial charge in [-0.15, -0.1) is 0 Å². The topological polar surface area (TPSA) is 28.2 Å². The lowest BCUT2D eigenvalue weighted by Crippen LogP contribution is -2.37. The van der Waals surface area contributed by atoms with Gasteiger partial charge < -0.3 is 10.2 Å². The van der Waals surface area contributed by atoms with Crippen molar-refractivity contribution in [1.29, 1.82) is 0 Å². The summed E-state index contributed by atoms with van der Waals surface area (Å²) in [5.74, 6) is 0. The van der Waals surface area contributed by atoms with Crippen molar-refractivity contribution >= 4 is 16.5 Å². The van der Waals surface area contributed by atoms with E-state index in [0.29, 0.717) is 6.04 Å². The average Bonchev–Trinajstić information content (AvgIpc) is 2.69. The lowest BCUT2D eigenvalue weighted by atomic mass is 9.92. The number of thiazole rings is 1. The molecular formula is C13H21N3S. The molecule has 1 fully saturated rings. The van der Waals surface area contributed by atoms with Gasteiger partial charge in [0.2, 0.25) is 0 Å². The summed E-state index contributed by atoms with van der Waals surface area (Å²) in [5.41, 5.74) is 1.35. The Morgan fingerprint density at radius 1 is 1.29 bits per heavy atom. The summed E-state index contributed by atoms with van der Waals surface area (Å²) in [6.07, 6.45) is 7.78. The molecule has 3 nitrogen and oxygen atoms in total. The molecule has 4 heteroatoms. The molecule has 94 valence electrons. The standard InChI is InChI=1S/C13H21N3S/c1-14-10-7-4-8-11-12(10)17-13(15-11)16(2)9-5-3-6-9/h9-10,14H,3-8H2,1-2H3. The molecule has 1 unspecified atom stereocenters. The van der Waals surface area contributed by atoms with E-state index in [9.17, 15) is 0 Å². The summed E-state index contributed by atoms with van der Waals surface area (Å²) < 4.78 is 0. The summed E-state index contributed by atoms with van der Waals surface area (Å²) in [4.78, 5) is 8.74. The van der Waals surface area contributed by atoms with Crippen LogP contribution in [-0.4, -0.2) is 25.1 Å². The predicted molar refractivity (Wildman–Crippen MR) is 72.9 cm³/mol. The normalized spacial score (nSPS) is 24.2. The van der Waals surface area contributed by atoms with Gasteiger partial charge in [-0.1, -0.05) is 11.3 Å². The number of nitrogens with zero attached hydrogens (tertiary/aromatic N) is 2. The molecule has 0 aromatic carbocycles. The van der Waals surface area contributed by atoms with Crippen LogP contribution in [0.2, 0.25) is 0 Å². The number of hydrogen-bond acceptors (Lipinski definition) is 4. The van der Waals surface area contributed by atoms with Crippen LogP contribution in [0.5, 0.6) is 0 Å². The highest BCUT2D eigenvalue weighted by atomic mass is 32.1. The molecule has 2 aliphatic carbocycles. The molecule has 1 saturated carbocycles. The van der Waals surface area contributed by atoms with Crippen LogP contribution in [0.1, 0.15) is 48.7 Å². The van der Waals surface area contributed by atoms with E-state index in [-0.39, 0.29) is 0 Å². The number of hydrogen-bond donors (Lipinski definition) is 1. The third kappa shape index (κ3) is 1.97. The van der Waals surface area contributed by atoms with Crippen molar-refractivity contribution in [3.63, 3.8) is 0 Å². The van der Waals surface area contributed by atoms with E-state index in [0.717, 1.165) is 6.04 Å². The maximum atomic E-state index is 4.86. The summed E-state index contributed by atoms with van der Waals surface area (Å²) >= 11 is 1.91. The molecule has 0 amide bonds. The summed E-state index contributed by atoms with van der Waals surface area (Å²) in [6.45, 7) is 0. The Morgan fingerprint density at radius 2 is 2.12 bits per heavy atom. The highest BCUT2D eigenvalue weighted by molar-refractivity contribution is 7.15. The average molecular weight is 251 g/mol. The van der Waals surface area contributed by atoms with Crippen LogP contribution in [0.15, 0.2) is 0 Å². The van der Waals surface area contributed by atoms with E-state index in [1.165, 1.54) is 54.2 Å². The second-order valence-electron chi connectivity index (χ2n) is 5.24. The first-order valence-corrected chi connectivity index (χ1v) is 7.51. The Morgan fingerprint density at radius 3 is 2.76 bits per heavy atom. The van der Waals surface area contributed by atoms with Crippen molar-refractivity contribution in [2.24, 2.45) is 0 Å². The first kappa shape index (κ1) is 11.5. The summed E-state index contributed by atoms with van der Waals surface area (Å²) in [5, 5.41) is 4.66. The monoisotopic (exact) mass is 251 g/mol. The van der Waals surface area contributed by atoms with Gasteiger partial charge >= 0.3 is 0 Å². The van der Waals surface area contributed by atoms with Gasteiger partial charge in [0.05, 0.1) is 5.69 Å². The maximum Gasteiger partial charge on any atom is 0.185 e. The minimum Gasteiger partial charge on any atom is -0.348 e. The molecule has 3 rings (SSSR count).